The highest BCUT2D eigenvalue weighted by molar-refractivity contribution is 5.94. The molecule has 1 aliphatic rings. The van der Waals surface area contributed by atoms with E-state index >= 15 is 0 Å². The third-order valence-electron chi connectivity index (χ3n) is 6.02. The van der Waals surface area contributed by atoms with E-state index < -0.39 is 0 Å². The second-order valence-corrected chi connectivity index (χ2v) is 9.42. The van der Waals surface area contributed by atoms with Crippen molar-refractivity contribution in [2.24, 2.45) is 17.1 Å². The topological polar surface area (TPSA) is 75.4 Å². The Bertz CT molecular complexity index is 873. The molecule has 1 aliphatic carbocycles. The Labute approximate surface area is 186 Å². The van der Waals surface area contributed by atoms with Crippen LogP contribution in [0.5, 0.6) is 0 Å². The second-order valence-electron chi connectivity index (χ2n) is 9.42. The Morgan fingerprint density at radius 3 is 2.42 bits per heavy atom. The Morgan fingerprint density at radius 2 is 1.74 bits per heavy atom. The number of nitrogens with one attached hydrogen (secondary N) is 1. The summed E-state index contributed by atoms with van der Waals surface area (Å²) in [5.41, 5.74) is 8.19. The summed E-state index contributed by atoms with van der Waals surface area (Å²) in [7, 11) is 0. The highest BCUT2D eigenvalue weighted by Crippen LogP contribution is 2.25. The average Bonchev–Trinajstić information content (AvgIpc) is 2.79. The molecule has 2 amide bonds. The Hall–Kier alpha value is -2.66. The number of rotatable bonds is 8. The standard InChI is InChI=1S/C26H35N3O2/c1-26(2,18-27)19-29(25(31)22-13-7-4-8-14-22)17-20-10-9-15-23(16-20)28-24(30)21-11-5-3-6-12-21/h4,7-10,13-16,21H,3,5-6,11-12,17-19,27H2,1-2H3,(H,28,30). The number of hydrogen-bond acceptors (Lipinski definition) is 3. The van der Waals surface area contributed by atoms with Crippen LogP contribution >= 0.6 is 0 Å². The predicted octanol–water partition coefficient (Wildman–Crippen LogP) is 4.83. The van der Waals surface area contributed by atoms with Gasteiger partial charge < -0.3 is 16.0 Å². The molecule has 166 valence electrons. The number of nitrogens with two attached hydrogens (primary N) is 1. The minimum Gasteiger partial charge on any atom is -0.334 e. The molecule has 2 aromatic rings. The van der Waals surface area contributed by atoms with Crippen molar-refractivity contribution in [2.45, 2.75) is 52.5 Å². The average molecular weight is 422 g/mol. The molecular formula is C26H35N3O2. The van der Waals surface area contributed by atoms with Gasteiger partial charge in [0.2, 0.25) is 5.91 Å². The van der Waals surface area contributed by atoms with Crippen molar-refractivity contribution in [3.63, 3.8) is 0 Å². The van der Waals surface area contributed by atoms with Gasteiger partial charge >= 0.3 is 0 Å². The molecule has 0 aliphatic heterocycles. The lowest BCUT2D eigenvalue weighted by atomic mass is 9.88. The van der Waals surface area contributed by atoms with Gasteiger partial charge in [0, 0.05) is 30.3 Å². The summed E-state index contributed by atoms with van der Waals surface area (Å²) >= 11 is 0. The van der Waals surface area contributed by atoms with Crippen LogP contribution in [0.15, 0.2) is 54.6 Å². The molecule has 31 heavy (non-hydrogen) atoms. The van der Waals surface area contributed by atoms with Gasteiger partial charge in [0.15, 0.2) is 0 Å². The zero-order valence-corrected chi connectivity index (χ0v) is 18.8. The highest BCUT2D eigenvalue weighted by Gasteiger charge is 2.25. The number of nitrogens with zero attached hydrogens (tertiary/aromatic N) is 1. The lowest BCUT2D eigenvalue weighted by Gasteiger charge is -2.32. The third kappa shape index (κ3) is 6.66. The van der Waals surface area contributed by atoms with Gasteiger partial charge in [0.05, 0.1) is 0 Å². The molecule has 5 nitrogen and oxygen atoms in total. The summed E-state index contributed by atoms with van der Waals surface area (Å²) in [6.07, 6.45) is 5.43. The second kappa shape index (κ2) is 10.6. The monoisotopic (exact) mass is 421 g/mol. The quantitative estimate of drug-likeness (QED) is 0.641. The molecule has 5 heteroatoms. The van der Waals surface area contributed by atoms with Crippen molar-refractivity contribution in [1.82, 2.24) is 4.90 Å². The summed E-state index contributed by atoms with van der Waals surface area (Å²) < 4.78 is 0. The normalized spacial score (nSPS) is 14.8. The van der Waals surface area contributed by atoms with Crippen molar-refractivity contribution in [3.05, 3.63) is 65.7 Å². The number of hydrogen-bond donors (Lipinski definition) is 2. The van der Waals surface area contributed by atoms with E-state index in [0.29, 0.717) is 25.2 Å². The van der Waals surface area contributed by atoms with Gasteiger partial charge in [-0.25, -0.2) is 0 Å². The molecule has 0 unspecified atom stereocenters. The largest absolute Gasteiger partial charge is 0.334 e. The molecular weight excluding hydrogens is 386 g/mol. The molecule has 0 heterocycles. The molecule has 0 spiro atoms. The lowest BCUT2D eigenvalue weighted by Crippen LogP contribution is -2.41. The molecule has 0 atom stereocenters. The van der Waals surface area contributed by atoms with E-state index in [4.69, 9.17) is 5.73 Å². The predicted molar refractivity (Wildman–Crippen MR) is 126 cm³/mol. The first kappa shape index (κ1) is 23.0. The van der Waals surface area contributed by atoms with Crippen LogP contribution in [0.2, 0.25) is 0 Å². The summed E-state index contributed by atoms with van der Waals surface area (Å²) in [6.45, 7) is 5.64. The maximum atomic E-state index is 13.2. The zero-order chi connectivity index (χ0) is 22.3. The summed E-state index contributed by atoms with van der Waals surface area (Å²) in [4.78, 5) is 27.7. The minimum absolute atomic E-state index is 0.0150. The summed E-state index contributed by atoms with van der Waals surface area (Å²) in [5.74, 6) is 0.205. The van der Waals surface area contributed by atoms with Gasteiger partial charge in [-0.2, -0.15) is 0 Å². The van der Waals surface area contributed by atoms with Crippen molar-refractivity contribution < 1.29 is 9.59 Å². The smallest absolute Gasteiger partial charge is 0.254 e. The zero-order valence-electron chi connectivity index (χ0n) is 18.8. The first-order valence-electron chi connectivity index (χ1n) is 11.3. The highest BCUT2D eigenvalue weighted by atomic mass is 16.2. The van der Waals surface area contributed by atoms with Crippen LogP contribution in [-0.2, 0) is 11.3 Å². The Balaban J connectivity index is 1.75. The third-order valence-corrected chi connectivity index (χ3v) is 6.02. The SMILES string of the molecule is CC(C)(CN)CN(Cc1cccc(NC(=O)C2CCCCC2)c1)C(=O)c1ccccc1. The summed E-state index contributed by atoms with van der Waals surface area (Å²) in [6, 6.07) is 17.2. The fourth-order valence-electron chi connectivity index (χ4n) is 4.12. The molecule has 0 bridgehead atoms. The van der Waals surface area contributed by atoms with Crippen LogP contribution in [0.25, 0.3) is 0 Å². The van der Waals surface area contributed by atoms with Crippen molar-refractivity contribution >= 4 is 17.5 Å². The number of benzene rings is 2. The fourth-order valence-corrected chi connectivity index (χ4v) is 4.12. The first-order valence-corrected chi connectivity index (χ1v) is 11.3. The van der Waals surface area contributed by atoms with E-state index in [0.717, 1.165) is 36.9 Å². The van der Waals surface area contributed by atoms with E-state index in [2.05, 4.69) is 19.2 Å². The van der Waals surface area contributed by atoms with Crippen LogP contribution < -0.4 is 11.1 Å². The number of amides is 2. The van der Waals surface area contributed by atoms with Crippen LogP contribution in [0.3, 0.4) is 0 Å². The minimum atomic E-state index is -0.197. The molecule has 0 saturated heterocycles. The Kier molecular flexibility index (Phi) is 7.85. The lowest BCUT2D eigenvalue weighted by molar-refractivity contribution is -0.120. The van der Waals surface area contributed by atoms with Gasteiger partial charge in [0.25, 0.3) is 5.91 Å². The van der Waals surface area contributed by atoms with E-state index in [1.54, 1.807) is 0 Å². The van der Waals surface area contributed by atoms with Gasteiger partial charge in [-0.1, -0.05) is 63.4 Å². The van der Waals surface area contributed by atoms with Crippen molar-refractivity contribution in [1.29, 1.82) is 0 Å². The van der Waals surface area contributed by atoms with Crippen molar-refractivity contribution in [2.75, 3.05) is 18.4 Å². The maximum Gasteiger partial charge on any atom is 0.254 e. The van der Waals surface area contributed by atoms with Crippen LogP contribution in [0.1, 0.15) is 61.9 Å². The van der Waals surface area contributed by atoms with Gasteiger partial charge in [-0.05, 0) is 54.6 Å². The molecule has 0 aromatic heterocycles. The number of carbonyl (C=O) groups excluding carboxylic acids is 2. The molecule has 1 fully saturated rings. The molecule has 3 N–H and O–H groups in total. The molecule has 1 saturated carbocycles. The Morgan fingerprint density at radius 1 is 1.03 bits per heavy atom. The van der Waals surface area contributed by atoms with Gasteiger partial charge in [0.1, 0.15) is 0 Å². The van der Waals surface area contributed by atoms with E-state index in [1.165, 1.54) is 6.42 Å². The van der Waals surface area contributed by atoms with Gasteiger partial charge in [-0.3, -0.25) is 9.59 Å². The van der Waals surface area contributed by atoms with E-state index in [-0.39, 0.29) is 23.1 Å². The molecule has 2 aromatic carbocycles. The van der Waals surface area contributed by atoms with E-state index in [1.807, 2.05) is 59.5 Å². The maximum absolute atomic E-state index is 13.2. The summed E-state index contributed by atoms with van der Waals surface area (Å²) in [5, 5.41) is 3.08. The van der Waals surface area contributed by atoms with Gasteiger partial charge in [-0.15, -0.1) is 0 Å². The van der Waals surface area contributed by atoms with Crippen LogP contribution in [0.4, 0.5) is 5.69 Å². The van der Waals surface area contributed by atoms with Crippen LogP contribution in [0, 0.1) is 11.3 Å². The number of carbonyl (C=O) groups is 2. The van der Waals surface area contributed by atoms with Crippen molar-refractivity contribution in [3.8, 4) is 0 Å². The molecule has 3 rings (SSSR count). The number of anilines is 1. The first-order chi connectivity index (χ1) is 14.9. The van der Waals surface area contributed by atoms with E-state index in [9.17, 15) is 9.59 Å². The van der Waals surface area contributed by atoms with Crippen LogP contribution in [-0.4, -0.2) is 29.8 Å². The molecule has 0 radical (unpaired) electrons. The fraction of sp³-hybridized carbons (Fsp3) is 0.462.